The molecule has 5 heteroatoms. The summed E-state index contributed by atoms with van der Waals surface area (Å²) in [6.45, 7) is 0. The number of hydrogen-bond donors (Lipinski definition) is 0. The fraction of sp³-hybridized carbons (Fsp3) is 0.211. The van der Waals surface area contributed by atoms with Gasteiger partial charge >= 0.3 is 0 Å². The molecule has 0 N–H and O–H groups in total. The molecule has 2 unspecified atom stereocenters. The van der Waals surface area contributed by atoms with Gasteiger partial charge in [0.2, 0.25) is 0 Å². The molecule has 0 saturated carbocycles. The molecule has 2 aromatic carbocycles. The standard InChI is InChI=1S/C19H19O3P.Li/c1-21-15-12-14-8-6-7-11-17(14)19(13-15,22-2)18(20)23-16-9-4-3-5-10-16;/h3-12,23H,13H2,1-2H3;. The molecule has 119 valence electrons. The van der Waals surface area contributed by atoms with Gasteiger partial charge in [-0.3, -0.25) is 4.79 Å². The van der Waals surface area contributed by atoms with E-state index in [1.165, 1.54) is 0 Å². The van der Waals surface area contributed by atoms with Gasteiger partial charge in [-0.05, 0) is 31.1 Å². The fourth-order valence-electron chi connectivity index (χ4n) is 2.92. The summed E-state index contributed by atoms with van der Waals surface area (Å²) in [5.41, 5.74) is 0.979. The van der Waals surface area contributed by atoms with Gasteiger partial charge in [-0.25, -0.2) is 0 Å². The van der Waals surface area contributed by atoms with Crippen LogP contribution >= 0.6 is 8.58 Å². The summed E-state index contributed by atoms with van der Waals surface area (Å²) >= 11 is 0. The summed E-state index contributed by atoms with van der Waals surface area (Å²) in [5.74, 6) is 0.761. The van der Waals surface area contributed by atoms with Gasteiger partial charge in [-0.2, -0.15) is 0 Å². The second kappa shape index (κ2) is 8.14. The Balaban J connectivity index is 0.00000208. The third-order valence-electron chi connectivity index (χ3n) is 4.14. The molecule has 0 aromatic heterocycles. The van der Waals surface area contributed by atoms with Gasteiger partial charge in [0.15, 0.2) is 11.1 Å². The van der Waals surface area contributed by atoms with Crippen LogP contribution in [-0.2, 0) is 19.9 Å². The van der Waals surface area contributed by atoms with Crippen molar-refractivity contribution in [1.29, 1.82) is 0 Å². The van der Waals surface area contributed by atoms with Gasteiger partial charge in [0, 0.05) is 32.4 Å². The summed E-state index contributed by atoms with van der Waals surface area (Å²) in [4.78, 5) is 13.1. The Morgan fingerprint density at radius 3 is 2.38 bits per heavy atom. The molecule has 2 atom stereocenters. The van der Waals surface area contributed by atoms with E-state index in [1.54, 1.807) is 14.2 Å². The van der Waals surface area contributed by atoms with E-state index in [9.17, 15) is 4.79 Å². The van der Waals surface area contributed by atoms with Crippen molar-refractivity contribution in [3.8, 4) is 0 Å². The second-order valence-electron chi connectivity index (χ2n) is 5.43. The van der Waals surface area contributed by atoms with Crippen molar-refractivity contribution >= 4 is 44.3 Å². The summed E-state index contributed by atoms with van der Waals surface area (Å²) < 4.78 is 11.2. The van der Waals surface area contributed by atoms with Gasteiger partial charge < -0.3 is 9.47 Å². The van der Waals surface area contributed by atoms with E-state index >= 15 is 0 Å². The molecule has 0 aliphatic heterocycles. The number of methoxy groups -OCH3 is 2. The minimum absolute atomic E-state index is 0. The number of ether oxygens (including phenoxy) is 2. The number of rotatable bonds is 5. The molecule has 0 spiro atoms. The maximum Gasteiger partial charge on any atom is 0.192 e. The maximum atomic E-state index is 13.1. The first-order chi connectivity index (χ1) is 11.2. The first-order valence-electron chi connectivity index (χ1n) is 7.45. The van der Waals surface area contributed by atoms with E-state index in [1.807, 2.05) is 60.7 Å². The Kier molecular flexibility index (Phi) is 6.44. The largest absolute Gasteiger partial charge is 0.501 e. The normalized spacial score (nSPS) is 19.3. The number of carbonyl (C=O) groups excluding carboxylic acids is 1. The van der Waals surface area contributed by atoms with Crippen LogP contribution in [-0.4, -0.2) is 38.6 Å². The van der Waals surface area contributed by atoms with E-state index in [-0.39, 0.29) is 33.0 Å². The van der Waals surface area contributed by atoms with Crippen LogP contribution in [0, 0.1) is 0 Å². The zero-order valence-corrected chi connectivity index (χ0v) is 15.2. The number of benzene rings is 2. The average molecular weight is 333 g/mol. The number of hydrogen-bond acceptors (Lipinski definition) is 3. The Morgan fingerprint density at radius 1 is 1.04 bits per heavy atom. The minimum atomic E-state index is -0.981. The topological polar surface area (TPSA) is 35.5 Å². The van der Waals surface area contributed by atoms with Crippen LogP contribution in [0.25, 0.3) is 6.08 Å². The van der Waals surface area contributed by atoms with Gasteiger partial charge in [0.05, 0.1) is 12.9 Å². The summed E-state index contributed by atoms with van der Waals surface area (Å²) in [6, 6.07) is 17.6. The summed E-state index contributed by atoms with van der Waals surface area (Å²) in [5, 5.41) is 1.01. The molecule has 0 heterocycles. The Morgan fingerprint density at radius 2 is 1.71 bits per heavy atom. The van der Waals surface area contributed by atoms with Crippen molar-refractivity contribution in [3.63, 3.8) is 0 Å². The maximum absolute atomic E-state index is 13.1. The number of fused-ring (bicyclic) bond motifs is 1. The predicted octanol–water partition coefficient (Wildman–Crippen LogP) is 3.07. The summed E-state index contributed by atoms with van der Waals surface area (Å²) in [6.07, 6.45) is 2.40. The molecule has 0 bridgehead atoms. The van der Waals surface area contributed by atoms with Crippen molar-refractivity contribution in [1.82, 2.24) is 0 Å². The molecule has 1 radical (unpaired) electrons. The molecule has 3 rings (SSSR count). The molecule has 3 nitrogen and oxygen atoms in total. The van der Waals surface area contributed by atoms with Crippen molar-refractivity contribution in [2.24, 2.45) is 0 Å². The van der Waals surface area contributed by atoms with Crippen LogP contribution in [0.1, 0.15) is 17.5 Å². The second-order valence-corrected chi connectivity index (χ2v) is 6.71. The zero-order chi connectivity index (χ0) is 16.3. The molecular weight excluding hydrogens is 314 g/mol. The molecule has 0 fully saturated rings. The van der Waals surface area contributed by atoms with Crippen molar-refractivity contribution in [2.45, 2.75) is 12.0 Å². The third kappa shape index (κ3) is 3.51. The van der Waals surface area contributed by atoms with Gasteiger partial charge in [-0.1, -0.05) is 54.6 Å². The van der Waals surface area contributed by atoms with E-state index < -0.39 is 5.60 Å². The van der Waals surface area contributed by atoms with Crippen LogP contribution in [0.2, 0.25) is 0 Å². The molecule has 0 saturated heterocycles. The van der Waals surface area contributed by atoms with E-state index in [4.69, 9.17) is 9.47 Å². The fourth-order valence-corrected chi connectivity index (χ4v) is 4.07. The monoisotopic (exact) mass is 333 g/mol. The van der Waals surface area contributed by atoms with Crippen LogP contribution < -0.4 is 5.30 Å². The first kappa shape index (κ1) is 19.0. The quantitative estimate of drug-likeness (QED) is 0.623. The van der Waals surface area contributed by atoms with Crippen LogP contribution in [0.3, 0.4) is 0 Å². The van der Waals surface area contributed by atoms with Gasteiger partial charge in [0.25, 0.3) is 0 Å². The van der Waals surface area contributed by atoms with Gasteiger partial charge in [-0.15, -0.1) is 0 Å². The Bertz CT molecular complexity index is 745. The van der Waals surface area contributed by atoms with E-state index in [2.05, 4.69) is 0 Å². The molecule has 24 heavy (non-hydrogen) atoms. The molecule has 0 amide bonds. The first-order valence-corrected chi connectivity index (χ1v) is 8.45. The van der Waals surface area contributed by atoms with Crippen LogP contribution in [0.5, 0.6) is 0 Å². The van der Waals surface area contributed by atoms with Crippen molar-refractivity contribution in [3.05, 3.63) is 71.5 Å². The molecule has 1 aliphatic rings. The molecule has 1 aliphatic carbocycles. The zero-order valence-electron chi connectivity index (χ0n) is 14.2. The molecular formula is C19H19LiO3P. The van der Waals surface area contributed by atoms with Crippen molar-refractivity contribution < 1.29 is 14.3 Å². The van der Waals surface area contributed by atoms with Crippen LogP contribution in [0.15, 0.2) is 60.4 Å². The predicted molar refractivity (Wildman–Crippen MR) is 99.9 cm³/mol. The summed E-state index contributed by atoms with van der Waals surface area (Å²) in [7, 11) is 3.27. The van der Waals surface area contributed by atoms with Crippen molar-refractivity contribution in [2.75, 3.05) is 14.2 Å². The van der Waals surface area contributed by atoms with E-state index in [0.29, 0.717) is 6.42 Å². The number of carbonyl (C=O) groups is 1. The molecule has 2 aromatic rings. The van der Waals surface area contributed by atoms with Gasteiger partial charge in [0.1, 0.15) is 0 Å². The Labute approximate surface area is 156 Å². The van der Waals surface area contributed by atoms with Crippen LogP contribution in [0.4, 0.5) is 0 Å². The third-order valence-corrected chi connectivity index (χ3v) is 5.40. The van der Waals surface area contributed by atoms with E-state index in [0.717, 1.165) is 22.2 Å². The SMILES string of the molecule is COC1=Cc2ccccc2C(OC)(C(=O)Pc2ccccc2)C1.[Li]. The average Bonchev–Trinajstić information content (AvgIpc) is 2.61. The minimum Gasteiger partial charge on any atom is -0.501 e. The smallest absolute Gasteiger partial charge is 0.192 e. The Hall–Kier alpha value is -1.36.